The average Bonchev–Trinajstić information content (AvgIpc) is 3.25. The van der Waals surface area contributed by atoms with Crippen molar-refractivity contribution in [1.82, 2.24) is 14.8 Å². The van der Waals surface area contributed by atoms with Crippen LogP contribution in [0.3, 0.4) is 0 Å². The van der Waals surface area contributed by atoms with Crippen molar-refractivity contribution < 1.29 is 14.0 Å². The number of hydrogen-bond donors (Lipinski definition) is 1. The third-order valence-electron chi connectivity index (χ3n) is 4.18. The molecule has 1 aromatic carbocycles. The highest BCUT2D eigenvalue weighted by molar-refractivity contribution is 8.03. The highest BCUT2D eigenvalue weighted by atomic mass is 32.2. The van der Waals surface area contributed by atoms with E-state index in [1.807, 2.05) is 19.9 Å². The predicted octanol–water partition coefficient (Wildman–Crippen LogP) is 3.70. The summed E-state index contributed by atoms with van der Waals surface area (Å²) in [7, 11) is 0. The molecule has 0 unspecified atom stereocenters. The summed E-state index contributed by atoms with van der Waals surface area (Å²) in [4.78, 5) is 23.6. The molecule has 0 radical (unpaired) electrons. The maximum absolute atomic E-state index is 13.1. The van der Waals surface area contributed by atoms with Gasteiger partial charge in [0.2, 0.25) is 5.91 Å². The highest BCUT2D eigenvalue weighted by Crippen LogP contribution is 2.29. The van der Waals surface area contributed by atoms with Gasteiger partial charge in [-0.25, -0.2) is 4.39 Å². The van der Waals surface area contributed by atoms with Crippen LogP contribution < -0.4 is 5.73 Å². The number of nitrogens with two attached hydrogens (primary N) is 1. The molecular formula is C19H19FN4O2S3. The molecular weight excluding hydrogens is 431 g/mol. The highest BCUT2D eigenvalue weighted by Gasteiger charge is 2.17. The van der Waals surface area contributed by atoms with E-state index in [0.29, 0.717) is 20.8 Å². The Bertz CT molecular complexity index is 1030. The van der Waals surface area contributed by atoms with Crippen molar-refractivity contribution in [2.45, 2.75) is 29.1 Å². The molecule has 3 aromatic rings. The molecule has 0 fully saturated rings. The Morgan fingerprint density at radius 1 is 1.10 bits per heavy atom. The number of halogens is 1. The van der Waals surface area contributed by atoms with Gasteiger partial charge < -0.3 is 10.3 Å². The lowest BCUT2D eigenvalue weighted by Crippen LogP contribution is -2.12. The minimum absolute atomic E-state index is 0.00925. The van der Waals surface area contributed by atoms with Crippen LogP contribution in [-0.4, -0.2) is 38.0 Å². The summed E-state index contributed by atoms with van der Waals surface area (Å²) in [5.41, 5.74) is 8.62. The van der Waals surface area contributed by atoms with Crippen molar-refractivity contribution in [2.75, 3.05) is 11.5 Å². The van der Waals surface area contributed by atoms with Crippen LogP contribution in [0.15, 0.2) is 39.0 Å². The summed E-state index contributed by atoms with van der Waals surface area (Å²) in [5, 5.41) is 8.03. The number of hydrogen-bond acceptors (Lipinski definition) is 7. The summed E-state index contributed by atoms with van der Waals surface area (Å²) < 4.78 is 16.5. The second kappa shape index (κ2) is 9.55. The molecule has 2 heterocycles. The van der Waals surface area contributed by atoms with Gasteiger partial charge in [-0.2, -0.15) is 0 Å². The van der Waals surface area contributed by atoms with E-state index in [4.69, 9.17) is 5.73 Å². The number of nitrogens with zero attached hydrogens (tertiary/aromatic N) is 3. The van der Waals surface area contributed by atoms with Crippen molar-refractivity contribution in [2.24, 2.45) is 5.73 Å². The third kappa shape index (κ3) is 5.68. The molecule has 0 spiro atoms. The topological polar surface area (TPSA) is 90.9 Å². The van der Waals surface area contributed by atoms with Crippen LogP contribution in [0.1, 0.15) is 27.3 Å². The lowest BCUT2D eigenvalue weighted by molar-refractivity contribution is -0.115. The number of benzene rings is 1. The van der Waals surface area contributed by atoms with Crippen LogP contribution in [0.5, 0.6) is 0 Å². The van der Waals surface area contributed by atoms with Crippen LogP contribution in [0, 0.1) is 19.7 Å². The van der Waals surface area contributed by atoms with Gasteiger partial charge in [-0.15, -0.1) is 10.2 Å². The smallest absolute Gasteiger partial charge is 0.227 e. The number of amides is 1. The number of rotatable bonds is 9. The molecule has 0 aliphatic carbocycles. The summed E-state index contributed by atoms with van der Waals surface area (Å²) >= 11 is 3.89. The van der Waals surface area contributed by atoms with Crippen LogP contribution in [0.4, 0.5) is 4.39 Å². The quantitative estimate of drug-likeness (QED) is 0.395. The number of primary amides is 1. The van der Waals surface area contributed by atoms with Gasteiger partial charge in [0.25, 0.3) is 0 Å². The fourth-order valence-corrected chi connectivity index (χ4v) is 5.39. The fourth-order valence-electron chi connectivity index (χ4n) is 2.75. The third-order valence-corrected chi connectivity index (χ3v) is 7.39. The minimum atomic E-state index is -0.412. The van der Waals surface area contributed by atoms with Gasteiger partial charge >= 0.3 is 0 Å². The monoisotopic (exact) mass is 450 g/mol. The maximum atomic E-state index is 13.1. The zero-order valence-electron chi connectivity index (χ0n) is 15.8. The first kappa shape index (κ1) is 21.5. The molecule has 6 nitrogen and oxygen atoms in total. The van der Waals surface area contributed by atoms with E-state index >= 15 is 0 Å². The van der Waals surface area contributed by atoms with Gasteiger partial charge in [-0.1, -0.05) is 47.0 Å². The fraction of sp³-hybridized carbons (Fsp3) is 0.263. The molecule has 0 bridgehead atoms. The van der Waals surface area contributed by atoms with Crippen molar-refractivity contribution in [3.05, 3.63) is 58.7 Å². The summed E-state index contributed by atoms with van der Waals surface area (Å²) in [6.07, 6.45) is 0. The van der Waals surface area contributed by atoms with Crippen molar-refractivity contribution >= 4 is 46.6 Å². The van der Waals surface area contributed by atoms with Gasteiger partial charge in [0.15, 0.2) is 14.5 Å². The molecule has 0 saturated heterocycles. The normalized spacial score (nSPS) is 11.0. The summed E-state index contributed by atoms with van der Waals surface area (Å²) in [6, 6.07) is 8.24. The van der Waals surface area contributed by atoms with E-state index in [9.17, 15) is 14.0 Å². The molecule has 10 heteroatoms. The Hall–Kier alpha value is -2.17. The molecule has 0 atom stereocenters. The van der Waals surface area contributed by atoms with E-state index in [0.717, 1.165) is 17.0 Å². The Kier molecular flexibility index (Phi) is 7.09. The number of thioether (sulfide) groups is 2. The predicted molar refractivity (Wildman–Crippen MR) is 114 cm³/mol. The SMILES string of the molecule is Cc1cc(C(=O)CSc2nnc(SCC(N)=O)s2)c(C)n1Cc1ccc(F)cc1. The van der Waals surface area contributed by atoms with E-state index in [1.165, 1.54) is 47.0 Å². The van der Waals surface area contributed by atoms with E-state index < -0.39 is 5.91 Å². The second-order valence-electron chi connectivity index (χ2n) is 6.30. The van der Waals surface area contributed by atoms with Crippen LogP contribution >= 0.6 is 34.9 Å². The Morgan fingerprint density at radius 2 is 1.72 bits per heavy atom. The van der Waals surface area contributed by atoms with Crippen LogP contribution in [0.25, 0.3) is 0 Å². The molecule has 0 saturated carbocycles. The van der Waals surface area contributed by atoms with Gasteiger partial charge in [0.1, 0.15) is 5.82 Å². The molecule has 152 valence electrons. The van der Waals surface area contributed by atoms with E-state index in [1.54, 1.807) is 12.1 Å². The first-order valence-corrected chi connectivity index (χ1v) is 11.4. The largest absolute Gasteiger partial charge is 0.369 e. The number of carbonyl (C=O) groups is 2. The first-order valence-electron chi connectivity index (χ1n) is 8.65. The summed E-state index contributed by atoms with van der Waals surface area (Å²) in [6.45, 7) is 4.45. The number of aromatic nitrogens is 3. The first-order chi connectivity index (χ1) is 13.8. The lowest BCUT2D eigenvalue weighted by atomic mass is 10.2. The summed E-state index contributed by atoms with van der Waals surface area (Å²) in [5.74, 6) is -0.273. The minimum Gasteiger partial charge on any atom is -0.369 e. The number of ketones is 1. The molecule has 0 aliphatic heterocycles. The van der Waals surface area contributed by atoms with Gasteiger partial charge in [0, 0.05) is 23.5 Å². The molecule has 2 N–H and O–H groups in total. The van der Waals surface area contributed by atoms with Gasteiger partial charge in [-0.3, -0.25) is 9.59 Å². The standard InChI is InChI=1S/C19H19FN4O2S3/c1-11-7-15(12(2)24(11)8-13-3-5-14(20)6-4-13)16(25)9-27-18-22-23-19(29-18)28-10-17(21)26/h3-7H,8-10H2,1-2H3,(H2,21,26). The van der Waals surface area contributed by atoms with E-state index in [2.05, 4.69) is 14.8 Å². The number of Topliss-reactive ketones (excluding diaryl/α,β-unsaturated/α-hetero) is 1. The lowest BCUT2D eigenvalue weighted by Gasteiger charge is -2.10. The van der Waals surface area contributed by atoms with Crippen LogP contribution in [-0.2, 0) is 11.3 Å². The van der Waals surface area contributed by atoms with Crippen LogP contribution in [0.2, 0.25) is 0 Å². The molecule has 0 aliphatic rings. The van der Waals surface area contributed by atoms with Crippen molar-refractivity contribution in [1.29, 1.82) is 0 Å². The average molecular weight is 451 g/mol. The molecule has 1 amide bonds. The van der Waals surface area contributed by atoms with E-state index in [-0.39, 0.29) is 23.1 Å². The maximum Gasteiger partial charge on any atom is 0.227 e. The molecule has 2 aromatic heterocycles. The van der Waals surface area contributed by atoms with Crippen molar-refractivity contribution in [3.8, 4) is 0 Å². The Balaban J connectivity index is 1.64. The zero-order chi connectivity index (χ0) is 21.0. The number of carbonyl (C=O) groups excluding carboxylic acids is 2. The van der Waals surface area contributed by atoms with Gasteiger partial charge in [0.05, 0.1) is 11.5 Å². The number of aryl methyl sites for hydroxylation is 1. The Morgan fingerprint density at radius 3 is 2.34 bits per heavy atom. The van der Waals surface area contributed by atoms with Crippen molar-refractivity contribution in [3.63, 3.8) is 0 Å². The zero-order valence-corrected chi connectivity index (χ0v) is 18.3. The van der Waals surface area contributed by atoms with Gasteiger partial charge in [-0.05, 0) is 37.6 Å². The Labute approximate surface area is 180 Å². The molecule has 29 heavy (non-hydrogen) atoms. The second-order valence-corrected chi connectivity index (χ2v) is 9.72. The molecule has 3 rings (SSSR count).